The molecule has 0 aromatic heterocycles. The molecule has 0 unspecified atom stereocenters. The summed E-state index contributed by atoms with van der Waals surface area (Å²) >= 11 is 0. The highest BCUT2D eigenvalue weighted by Crippen LogP contribution is 2.33. The predicted octanol–water partition coefficient (Wildman–Crippen LogP) is 2.64. The third-order valence-corrected chi connectivity index (χ3v) is 2.25. The zero-order valence-corrected chi connectivity index (χ0v) is 8.92. The van der Waals surface area contributed by atoms with Gasteiger partial charge in [-0.1, -0.05) is 6.07 Å². The molecule has 0 amide bonds. The molecule has 17 heavy (non-hydrogen) atoms. The van der Waals surface area contributed by atoms with Gasteiger partial charge in [-0.3, -0.25) is 0 Å². The van der Waals surface area contributed by atoms with E-state index in [-0.39, 0.29) is 11.4 Å². The zero-order chi connectivity index (χ0) is 12.3. The zero-order valence-electron chi connectivity index (χ0n) is 8.92. The SMILES string of the molecule is N#Cc1ccc(Oc2cccc(O)c2N)cc1. The molecule has 3 N–H and O–H groups in total. The second-order valence-electron chi connectivity index (χ2n) is 3.43. The van der Waals surface area contributed by atoms with Crippen LogP contribution in [0.5, 0.6) is 17.2 Å². The Morgan fingerprint density at radius 3 is 2.47 bits per heavy atom. The van der Waals surface area contributed by atoms with Crippen LogP contribution in [0.4, 0.5) is 5.69 Å². The van der Waals surface area contributed by atoms with Crippen molar-refractivity contribution in [3.8, 4) is 23.3 Å². The number of anilines is 1. The minimum absolute atomic E-state index is 0.0175. The molecular weight excluding hydrogens is 216 g/mol. The van der Waals surface area contributed by atoms with Gasteiger partial charge in [0.15, 0.2) is 5.75 Å². The maximum absolute atomic E-state index is 9.41. The van der Waals surface area contributed by atoms with Gasteiger partial charge < -0.3 is 15.6 Å². The molecule has 0 saturated carbocycles. The monoisotopic (exact) mass is 226 g/mol. The van der Waals surface area contributed by atoms with Crippen LogP contribution in [0.25, 0.3) is 0 Å². The van der Waals surface area contributed by atoms with Gasteiger partial charge in [0.1, 0.15) is 17.2 Å². The van der Waals surface area contributed by atoms with Crippen molar-refractivity contribution >= 4 is 5.69 Å². The lowest BCUT2D eigenvalue weighted by Crippen LogP contribution is -1.92. The van der Waals surface area contributed by atoms with E-state index in [2.05, 4.69) is 0 Å². The van der Waals surface area contributed by atoms with Gasteiger partial charge in [0.05, 0.1) is 11.6 Å². The molecule has 0 saturated heterocycles. The summed E-state index contributed by atoms with van der Waals surface area (Å²) in [5, 5.41) is 18.1. The second kappa shape index (κ2) is 4.45. The topological polar surface area (TPSA) is 79.3 Å². The highest BCUT2D eigenvalue weighted by Gasteiger charge is 2.05. The first-order valence-corrected chi connectivity index (χ1v) is 4.96. The van der Waals surface area contributed by atoms with Crippen molar-refractivity contribution in [1.29, 1.82) is 5.26 Å². The molecular formula is C13H10N2O2. The maximum atomic E-state index is 9.41. The molecule has 0 fully saturated rings. The summed E-state index contributed by atoms with van der Waals surface area (Å²) in [6.45, 7) is 0. The normalized spacial score (nSPS) is 9.59. The Balaban J connectivity index is 2.26. The van der Waals surface area contributed by atoms with Gasteiger partial charge in [-0.25, -0.2) is 0 Å². The number of hydrogen-bond donors (Lipinski definition) is 2. The quantitative estimate of drug-likeness (QED) is 0.609. The first-order valence-electron chi connectivity index (χ1n) is 4.96. The fourth-order valence-electron chi connectivity index (χ4n) is 1.35. The molecule has 0 radical (unpaired) electrons. The van der Waals surface area contributed by atoms with E-state index < -0.39 is 0 Å². The summed E-state index contributed by atoms with van der Waals surface area (Å²) in [6, 6.07) is 13.4. The molecule has 0 spiro atoms. The minimum atomic E-state index is -0.0175. The lowest BCUT2D eigenvalue weighted by molar-refractivity contribution is 0.460. The Morgan fingerprint density at radius 2 is 1.82 bits per heavy atom. The number of ether oxygens (including phenoxy) is 1. The van der Waals surface area contributed by atoms with Crippen LogP contribution in [-0.4, -0.2) is 5.11 Å². The molecule has 2 aromatic carbocycles. The summed E-state index contributed by atoms with van der Waals surface area (Å²) in [6.07, 6.45) is 0. The van der Waals surface area contributed by atoms with Gasteiger partial charge in [-0.05, 0) is 36.4 Å². The number of aromatic hydroxyl groups is 1. The van der Waals surface area contributed by atoms with E-state index in [0.717, 1.165) is 0 Å². The molecule has 4 heteroatoms. The van der Waals surface area contributed by atoms with Crippen molar-refractivity contribution < 1.29 is 9.84 Å². The van der Waals surface area contributed by atoms with E-state index in [1.807, 2.05) is 6.07 Å². The molecule has 0 heterocycles. The van der Waals surface area contributed by atoms with Crippen LogP contribution in [-0.2, 0) is 0 Å². The number of nitriles is 1. The Bertz CT molecular complexity index is 571. The number of rotatable bonds is 2. The fraction of sp³-hybridized carbons (Fsp3) is 0. The standard InChI is InChI=1S/C13H10N2O2/c14-8-9-4-6-10(7-5-9)17-12-3-1-2-11(16)13(12)15/h1-7,16H,15H2. The average molecular weight is 226 g/mol. The van der Waals surface area contributed by atoms with Gasteiger partial charge >= 0.3 is 0 Å². The molecule has 0 aliphatic rings. The Morgan fingerprint density at radius 1 is 1.12 bits per heavy atom. The van der Waals surface area contributed by atoms with Gasteiger partial charge in [-0.2, -0.15) is 5.26 Å². The minimum Gasteiger partial charge on any atom is -0.506 e. The number of nitrogen functional groups attached to an aromatic ring is 1. The van der Waals surface area contributed by atoms with E-state index in [9.17, 15) is 5.11 Å². The summed E-state index contributed by atoms with van der Waals surface area (Å²) in [5.74, 6) is 0.923. The van der Waals surface area contributed by atoms with Crippen LogP contribution in [0, 0.1) is 11.3 Å². The van der Waals surface area contributed by atoms with Crippen molar-refractivity contribution in [3.05, 3.63) is 48.0 Å². The Kier molecular flexibility index (Phi) is 2.84. The number of nitrogens with zero attached hydrogens (tertiary/aromatic N) is 1. The number of hydrogen-bond acceptors (Lipinski definition) is 4. The van der Waals surface area contributed by atoms with E-state index >= 15 is 0 Å². The molecule has 0 aliphatic carbocycles. The Labute approximate surface area is 98.5 Å². The lowest BCUT2D eigenvalue weighted by Gasteiger charge is -2.09. The van der Waals surface area contributed by atoms with Crippen molar-refractivity contribution in [2.75, 3.05) is 5.73 Å². The summed E-state index contributed by atoms with van der Waals surface area (Å²) < 4.78 is 5.50. The molecule has 2 aromatic rings. The van der Waals surface area contributed by atoms with Crippen LogP contribution < -0.4 is 10.5 Å². The third kappa shape index (κ3) is 2.29. The second-order valence-corrected chi connectivity index (χ2v) is 3.43. The van der Waals surface area contributed by atoms with E-state index in [1.54, 1.807) is 36.4 Å². The van der Waals surface area contributed by atoms with E-state index in [1.165, 1.54) is 6.07 Å². The lowest BCUT2D eigenvalue weighted by atomic mass is 10.2. The number of benzene rings is 2. The highest BCUT2D eigenvalue weighted by molar-refractivity contribution is 5.62. The smallest absolute Gasteiger partial charge is 0.154 e. The summed E-state index contributed by atoms with van der Waals surface area (Å²) in [7, 11) is 0. The van der Waals surface area contributed by atoms with Crippen molar-refractivity contribution in [3.63, 3.8) is 0 Å². The molecule has 84 valence electrons. The fourth-order valence-corrected chi connectivity index (χ4v) is 1.35. The van der Waals surface area contributed by atoms with Gasteiger partial charge in [0.2, 0.25) is 0 Å². The number of nitrogens with two attached hydrogens (primary N) is 1. The number of phenolic OH excluding ortho intramolecular Hbond substituents is 1. The summed E-state index contributed by atoms with van der Waals surface area (Å²) in [5.41, 5.74) is 6.41. The van der Waals surface area contributed by atoms with Crippen LogP contribution >= 0.6 is 0 Å². The van der Waals surface area contributed by atoms with Gasteiger partial charge in [0.25, 0.3) is 0 Å². The van der Waals surface area contributed by atoms with Crippen LogP contribution in [0.3, 0.4) is 0 Å². The average Bonchev–Trinajstić information content (AvgIpc) is 2.36. The van der Waals surface area contributed by atoms with Crippen LogP contribution in [0.2, 0.25) is 0 Å². The molecule has 2 rings (SSSR count). The maximum Gasteiger partial charge on any atom is 0.154 e. The third-order valence-electron chi connectivity index (χ3n) is 2.25. The summed E-state index contributed by atoms with van der Waals surface area (Å²) in [4.78, 5) is 0. The van der Waals surface area contributed by atoms with Gasteiger partial charge in [0, 0.05) is 0 Å². The van der Waals surface area contributed by atoms with Crippen LogP contribution in [0.15, 0.2) is 42.5 Å². The number of phenols is 1. The highest BCUT2D eigenvalue weighted by atomic mass is 16.5. The molecule has 0 bridgehead atoms. The first kappa shape index (κ1) is 10.8. The predicted molar refractivity (Wildman–Crippen MR) is 63.8 cm³/mol. The molecule has 0 aliphatic heterocycles. The molecule has 4 nitrogen and oxygen atoms in total. The van der Waals surface area contributed by atoms with Crippen molar-refractivity contribution in [2.45, 2.75) is 0 Å². The van der Waals surface area contributed by atoms with Gasteiger partial charge in [-0.15, -0.1) is 0 Å². The van der Waals surface area contributed by atoms with Crippen molar-refractivity contribution in [2.24, 2.45) is 0 Å². The van der Waals surface area contributed by atoms with E-state index in [0.29, 0.717) is 17.1 Å². The Hall–Kier alpha value is -2.67. The van der Waals surface area contributed by atoms with Crippen LogP contribution in [0.1, 0.15) is 5.56 Å². The van der Waals surface area contributed by atoms with Crippen molar-refractivity contribution in [1.82, 2.24) is 0 Å². The largest absolute Gasteiger partial charge is 0.506 e. The van der Waals surface area contributed by atoms with E-state index in [4.69, 9.17) is 15.7 Å². The first-order chi connectivity index (χ1) is 8.20. The number of para-hydroxylation sites is 1. The molecule has 0 atom stereocenters.